The number of H-pyrrole nitrogens is 1. The third-order valence-electron chi connectivity index (χ3n) is 3.61. The number of aromatic nitrogens is 4. The SMILES string of the molecule is O=c1[nH]nc(Cl)c2c(-c3ccccc3)nn(-c3ccccc3)c12. The number of nitrogens with zero attached hydrogens (tertiary/aromatic N) is 3. The van der Waals surface area contributed by atoms with Crippen molar-refractivity contribution in [3.63, 3.8) is 0 Å². The molecule has 2 aromatic carbocycles. The number of rotatable bonds is 2. The van der Waals surface area contributed by atoms with Gasteiger partial charge in [-0.1, -0.05) is 60.1 Å². The van der Waals surface area contributed by atoms with Crippen LogP contribution in [0.15, 0.2) is 65.5 Å². The standard InChI is InChI=1S/C17H11ClN4O/c18-16-13-14(11-7-3-1-4-8-11)21-22(12-9-5-2-6-10-12)15(13)17(23)20-19-16/h1-10H,(H,20,23). The zero-order valence-electron chi connectivity index (χ0n) is 11.9. The van der Waals surface area contributed by atoms with Gasteiger partial charge in [-0.3, -0.25) is 4.79 Å². The zero-order chi connectivity index (χ0) is 15.8. The van der Waals surface area contributed by atoms with E-state index in [2.05, 4.69) is 15.3 Å². The van der Waals surface area contributed by atoms with Crippen molar-refractivity contribution in [3.05, 3.63) is 76.2 Å². The topological polar surface area (TPSA) is 63.6 Å². The summed E-state index contributed by atoms with van der Waals surface area (Å²) in [5.41, 5.74) is 2.35. The highest BCUT2D eigenvalue weighted by Gasteiger charge is 2.19. The molecule has 4 aromatic rings. The van der Waals surface area contributed by atoms with E-state index >= 15 is 0 Å². The maximum absolute atomic E-state index is 12.3. The Morgan fingerprint density at radius 2 is 1.61 bits per heavy atom. The third-order valence-corrected chi connectivity index (χ3v) is 3.88. The Morgan fingerprint density at radius 1 is 0.957 bits per heavy atom. The highest BCUT2D eigenvalue weighted by molar-refractivity contribution is 6.35. The van der Waals surface area contributed by atoms with E-state index in [0.29, 0.717) is 16.6 Å². The molecule has 2 aromatic heterocycles. The van der Waals surface area contributed by atoms with Gasteiger partial charge < -0.3 is 0 Å². The summed E-state index contributed by atoms with van der Waals surface area (Å²) in [7, 11) is 0. The number of para-hydroxylation sites is 1. The van der Waals surface area contributed by atoms with Gasteiger partial charge in [-0.05, 0) is 12.1 Å². The molecular formula is C17H11ClN4O. The molecule has 0 saturated heterocycles. The van der Waals surface area contributed by atoms with Crippen LogP contribution < -0.4 is 5.56 Å². The van der Waals surface area contributed by atoms with Gasteiger partial charge in [0, 0.05) is 5.56 Å². The molecule has 0 aliphatic carbocycles. The summed E-state index contributed by atoms with van der Waals surface area (Å²) in [6.07, 6.45) is 0. The number of halogens is 1. The van der Waals surface area contributed by atoms with Gasteiger partial charge in [-0.2, -0.15) is 10.2 Å². The number of benzene rings is 2. The normalized spacial score (nSPS) is 11.0. The van der Waals surface area contributed by atoms with E-state index in [-0.39, 0.29) is 10.7 Å². The highest BCUT2D eigenvalue weighted by atomic mass is 35.5. The first-order valence-electron chi connectivity index (χ1n) is 7.03. The smallest absolute Gasteiger partial charge is 0.266 e. The molecule has 1 N–H and O–H groups in total. The molecule has 0 saturated carbocycles. The van der Waals surface area contributed by atoms with Crippen molar-refractivity contribution in [2.75, 3.05) is 0 Å². The van der Waals surface area contributed by atoms with Crippen LogP contribution in [0.2, 0.25) is 5.15 Å². The molecular weight excluding hydrogens is 312 g/mol. The molecule has 0 bridgehead atoms. The quantitative estimate of drug-likeness (QED) is 0.615. The molecule has 0 atom stereocenters. The van der Waals surface area contributed by atoms with Crippen LogP contribution in [0.25, 0.3) is 27.8 Å². The van der Waals surface area contributed by atoms with Crippen molar-refractivity contribution in [2.24, 2.45) is 0 Å². The van der Waals surface area contributed by atoms with Crippen molar-refractivity contribution in [3.8, 4) is 16.9 Å². The van der Waals surface area contributed by atoms with Crippen molar-refractivity contribution in [1.29, 1.82) is 0 Å². The van der Waals surface area contributed by atoms with Crippen LogP contribution in [-0.4, -0.2) is 20.0 Å². The van der Waals surface area contributed by atoms with Gasteiger partial charge >= 0.3 is 0 Å². The second-order valence-corrected chi connectivity index (χ2v) is 5.39. The van der Waals surface area contributed by atoms with Crippen LogP contribution in [-0.2, 0) is 0 Å². The Hall–Kier alpha value is -2.92. The van der Waals surface area contributed by atoms with Crippen molar-refractivity contribution >= 4 is 22.5 Å². The minimum Gasteiger partial charge on any atom is -0.266 e. The number of hydrogen-bond acceptors (Lipinski definition) is 3. The molecule has 0 spiro atoms. The highest BCUT2D eigenvalue weighted by Crippen LogP contribution is 2.31. The summed E-state index contributed by atoms with van der Waals surface area (Å²) in [6, 6.07) is 19.1. The second kappa shape index (κ2) is 5.37. The van der Waals surface area contributed by atoms with Gasteiger partial charge in [0.2, 0.25) is 0 Å². The van der Waals surface area contributed by atoms with Gasteiger partial charge in [0.1, 0.15) is 11.2 Å². The fourth-order valence-electron chi connectivity index (χ4n) is 2.59. The molecule has 112 valence electrons. The first-order chi connectivity index (χ1) is 11.3. The summed E-state index contributed by atoms with van der Waals surface area (Å²) >= 11 is 6.25. The minimum atomic E-state index is -0.331. The van der Waals surface area contributed by atoms with Crippen LogP contribution in [0.4, 0.5) is 0 Å². The van der Waals surface area contributed by atoms with Crippen molar-refractivity contribution in [2.45, 2.75) is 0 Å². The Morgan fingerprint density at radius 3 is 2.30 bits per heavy atom. The third kappa shape index (κ3) is 2.22. The Balaban J connectivity index is 2.14. The fourth-order valence-corrected chi connectivity index (χ4v) is 2.81. The van der Waals surface area contributed by atoms with Gasteiger partial charge in [0.15, 0.2) is 5.15 Å². The van der Waals surface area contributed by atoms with Gasteiger partial charge in [-0.15, -0.1) is 0 Å². The maximum Gasteiger partial charge on any atom is 0.290 e. The monoisotopic (exact) mass is 322 g/mol. The molecule has 6 heteroatoms. The van der Waals surface area contributed by atoms with Crippen LogP contribution in [0.3, 0.4) is 0 Å². The van der Waals surface area contributed by atoms with E-state index in [4.69, 9.17) is 11.6 Å². The average Bonchev–Trinajstić information content (AvgIpc) is 3.02. The summed E-state index contributed by atoms with van der Waals surface area (Å²) in [5, 5.41) is 11.7. The van der Waals surface area contributed by atoms with Gasteiger partial charge in [0.25, 0.3) is 5.56 Å². The fraction of sp³-hybridized carbons (Fsp3) is 0. The largest absolute Gasteiger partial charge is 0.290 e. The lowest BCUT2D eigenvalue weighted by molar-refractivity contribution is 0.899. The van der Waals surface area contributed by atoms with Crippen molar-refractivity contribution in [1.82, 2.24) is 20.0 Å². The number of hydrogen-bond donors (Lipinski definition) is 1. The number of aromatic amines is 1. The lowest BCUT2D eigenvalue weighted by atomic mass is 10.1. The van der Waals surface area contributed by atoms with Gasteiger partial charge in [-0.25, -0.2) is 9.78 Å². The van der Waals surface area contributed by atoms with E-state index in [0.717, 1.165) is 11.3 Å². The van der Waals surface area contributed by atoms with E-state index in [1.54, 1.807) is 4.68 Å². The first kappa shape index (κ1) is 13.7. The molecule has 0 radical (unpaired) electrons. The van der Waals surface area contributed by atoms with Crippen molar-refractivity contribution < 1.29 is 0 Å². The predicted octanol–water partition coefficient (Wildman–Crippen LogP) is 3.43. The summed E-state index contributed by atoms with van der Waals surface area (Å²) in [4.78, 5) is 12.3. The summed E-state index contributed by atoms with van der Waals surface area (Å²) < 4.78 is 1.60. The van der Waals surface area contributed by atoms with E-state index < -0.39 is 0 Å². The Bertz CT molecular complexity index is 1040. The maximum atomic E-state index is 12.3. The molecule has 0 aliphatic heterocycles. The molecule has 0 amide bonds. The zero-order valence-corrected chi connectivity index (χ0v) is 12.7. The lowest BCUT2D eigenvalue weighted by Gasteiger charge is -2.01. The molecule has 23 heavy (non-hydrogen) atoms. The number of nitrogens with one attached hydrogen (secondary N) is 1. The Kier molecular flexibility index (Phi) is 3.20. The van der Waals surface area contributed by atoms with Crippen LogP contribution in [0.1, 0.15) is 0 Å². The lowest BCUT2D eigenvalue weighted by Crippen LogP contribution is -2.12. The van der Waals surface area contributed by atoms with E-state index in [1.165, 1.54) is 0 Å². The minimum absolute atomic E-state index is 0.223. The van der Waals surface area contributed by atoms with E-state index in [9.17, 15) is 4.79 Å². The van der Waals surface area contributed by atoms with E-state index in [1.807, 2.05) is 60.7 Å². The molecule has 4 rings (SSSR count). The molecule has 0 aliphatic rings. The second-order valence-electron chi connectivity index (χ2n) is 5.03. The van der Waals surface area contributed by atoms with Crippen LogP contribution >= 0.6 is 11.6 Å². The van der Waals surface area contributed by atoms with Gasteiger partial charge in [0.05, 0.1) is 11.1 Å². The first-order valence-corrected chi connectivity index (χ1v) is 7.41. The molecule has 5 nitrogen and oxygen atoms in total. The van der Waals surface area contributed by atoms with Crippen LogP contribution in [0.5, 0.6) is 0 Å². The number of fused-ring (bicyclic) bond motifs is 1. The molecule has 0 fully saturated rings. The summed E-state index contributed by atoms with van der Waals surface area (Å²) in [6.45, 7) is 0. The summed E-state index contributed by atoms with van der Waals surface area (Å²) in [5.74, 6) is 0. The average molecular weight is 323 g/mol. The van der Waals surface area contributed by atoms with Crippen LogP contribution in [0, 0.1) is 0 Å². The molecule has 2 heterocycles. The Labute approximate surface area is 136 Å². The molecule has 0 unspecified atom stereocenters. The predicted molar refractivity (Wildman–Crippen MR) is 89.9 cm³/mol.